The molecule has 1 aliphatic rings. The van der Waals surface area contributed by atoms with Gasteiger partial charge in [-0.1, -0.05) is 24.3 Å². The Kier molecular flexibility index (Phi) is 3.99. The first kappa shape index (κ1) is 14.9. The van der Waals surface area contributed by atoms with E-state index in [9.17, 15) is 8.42 Å². The smallest absolute Gasteiger partial charge is 0.155 e. The summed E-state index contributed by atoms with van der Waals surface area (Å²) in [6.07, 6.45) is 1.53. The zero-order valence-electron chi connectivity index (χ0n) is 11.7. The second-order valence-corrected chi connectivity index (χ2v) is 9.62. The number of hydrogen-bond donors (Lipinski definition) is 0. The summed E-state index contributed by atoms with van der Waals surface area (Å²) < 4.78 is 23.6. The minimum Gasteiger partial charge on any atom is -0.228 e. The van der Waals surface area contributed by atoms with Crippen molar-refractivity contribution in [2.45, 2.75) is 43.7 Å². The van der Waals surface area contributed by atoms with E-state index in [1.165, 1.54) is 11.1 Å². The topological polar surface area (TPSA) is 34.1 Å². The zero-order chi connectivity index (χ0) is 14.3. The molecule has 0 amide bonds. The van der Waals surface area contributed by atoms with Gasteiger partial charge in [0.1, 0.15) is 0 Å². The van der Waals surface area contributed by atoms with Gasteiger partial charge in [-0.2, -0.15) is 0 Å². The molecular formula is C15H21ClO2S. The second-order valence-electron chi connectivity index (χ2n) is 6.28. The summed E-state index contributed by atoms with van der Waals surface area (Å²) in [4.78, 5) is 0. The van der Waals surface area contributed by atoms with Crippen LogP contribution in [0.3, 0.4) is 0 Å². The highest BCUT2D eigenvalue weighted by molar-refractivity contribution is 7.92. The highest BCUT2D eigenvalue weighted by atomic mass is 35.5. The van der Waals surface area contributed by atoms with Crippen molar-refractivity contribution >= 4 is 21.4 Å². The van der Waals surface area contributed by atoms with Gasteiger partial charge >= 0.3 is 0 Å². The molecule has 0 radical (unpaired) electrons. The Morgan fingerprint density at radius 1 is 1.26 bits per heavy atom. The Labute approximate surface area is 121 Å². The van der Waals surface area contributed by atoms with Crippen molar-refractivity contribution in [3.8, 4) is 0 Å². The van der Waals surface area contributed by atoms with Crippen LogP contribution in [-0.2, 0) is 16.3 Å². The molecule has 0 saturated heterocycles. The first-order valence-electron chi connectivity index (χ1n) is 6.66. The number of benzene rings is 1. The van der Waals surface area contributed by atoms with Gasteiger partial charge in [0.2, 0.25) is 0 Å². The van der Waals surface area contributed by atoms with Crippen LogP contribution >= 0.6 is 11.6 Å². The van der Waals surface area contributed by atoms with Crippen molar-refractivity contribution in [1.82, 2.24) is 0 Å². The number of rotatable bonds is 3. The average Bonchev–Trinajstić information content (AvgIpc) is 2.63. The summed E-state index contributed by atoms with van der Waals surface area (Å²) in [6, 6.07) is 8.13. The van der Waals surface area contributed by atoms with Gasteiger partial charge in [-0.3, -0.25) is 0 Å². The van der Waals surface area contributed by atoms with Crippen molar-refractivity contribution < 1.29 is 8.42 Å². The van der Waals surface area contributed by atoms with E-state index >= 15 is 0 Å². The van der Waals surface area contributed by atoms with Crippen LogP contribution in [0.15, 0.2) is 24.3 Å². The summed E-state index contributed by atoms with van der Waals surface area (Å²) in [5.74, 6) is 0.453. The van der Waals surface area contributed by atoms with Crippen LogP contribution < -0.4 is 0 Å². The SMILES string of the molecule is CC(C)(C)S(=O)(=O)CCC1Cc2ccccc2C1Cl. The molecule has 0 bridgehead atoms. The van der Waals surface area contributed by atoms with E-state index in [1.54, 1.807) is 20.8 Å². The Balaban J connectivity index is 2.05. The van der Waals surface area contributed by atoms with E-state index in [0.717, 1.165) is 6.42 Å². The molecule has 0 aromatic heterocycles. The molecule has 0 N–H and O–H groups in total. The predicted octanol–water partition coefficient (Wildman–Crippen LogP) is 3.74. The highest BCUT2D eigenvalue weighted by Crippen LogP contribution is 2.42. The quantitative estimate of drug-likeness (QED) is 0.797. The molecule has 0 fully saturated rings. The van der Waals surface area contributed by atoms with Crippen molar-refractivity contribution in [2.24, 2.45) is 5.92 Å². The molecule has 1 aromatic rings. The fourth-order valence-corrected chi connectivity index (χ4v) is 4.14. The molecule has 2 nitrogen and oxygen atoms in total. The largest absolute Gasteiger partial charge is 0.228 e. The summed E-state index contributed by atoms with van der Waals surface area (Å²) in [5.41, 5.74) is 2.43. The summed E-state index contributed by atoms with van der Waals surface area (Å²) >= 11 is 6.46. The number of halogens is 1. The van der Waals surface area contributed by atoms with Gasteiger partial charge in [0.05, 0.1) is 15.9 Å². The molecule has 1 aliphatic carbocycles. The summed E-state index contributed by atoms with van der Waals surface area (Å²) in [7, 11) is -3.05. The van der Waals surface area contributed by atoms with Gasteiger partial charge in [0.25, 0.3) is 0 Å². The van der Waals surface area contributed by atoms with Crippen LogP contribution in [0.25, 0.3) is 0 Å². The van der Waals surface area contributed by atoms with Crippen molar-refractivity contribution in [1.29, 1.82) is 0 Å². The van der Waals surface area contributed by atoms with E-state index in [0.29, 0.717) is 6.42 Å². The van der Waals surface area contributed by atoms with E-state index in [1.807, 2.05) is 18.2 Å². The molecule has 0 spiro atoms. The van der Waals surface area contributed by atoms with Crippen molar-refractivity contribution in [3.05, 3.63) is 35.4 Å². The predicted molar refractivity (Wildman–Crippen MR) is 80.4 cm³/mol. The fourth-order valence-electron chi connectivity index (χ4n) is 2.49. The summed E-state index contributed by atoms with van der Waals surface area (Å²) in [5, 5.41) is -0.0497. The highest BCUT2D eigenvalue weighted by Gasteiger charge is 2.34. The first-order valence-corrected chi connectivity index (χ1v) is 8.75. The molecule has 1 aromatic carbocycles. The minimum atomic E-state index is -3.05. The van der Waals surface area contributed by atoms with E-state index < -0.39 is 14.6 Å². The average molecular weight is 301 g/mol. The maximum atomic E-state index is 12.1. The second kappa shape index (κ2) is 5.10. The minimum absolute atomic E-state index is 0.0497. The van der Waals surface area contributed by atoms with Crippen molar-refractivity contribution in [2.75, 3.05) is 5.75 Å². The van der Waals surface area contributed by atoms with Crippen LogP contribution in [0.1, 0.15) is 43.7 Å². The molecule has 2 rings (SSSR count). The lowest BCUT2D eigenvalue weighted by Crippen LogP contribution is -2.31. The maximum absolute atomic E-state index is 12.1. The molecular weight excluding hydrogens is 280 g/mol. The third-order valence-electron chi connectivity index (χ3n) is 3.94. The maximum Gasteiger partial charge on any atom is 0.155 e. The van der Waals surface area contributed by atoms with E-state index in [-0.39, 0.29) is 17.0 Å². The first-order chi connectivity index (χ1) is 8.72. The lowest BCUT2D eigenvalue weighted by atomic mass is 10.0. The van der Waals surface area contributed by atoms with Gasteiger partial charge in [0.15, 0.2) is 9.84 Å². The third-order valence-corrected chi connectivity index (χ3v) is 7.17. The van der Waals surface area contributed by atoms with E-state index in [4.69, 9.17) is 11.6 Å². The number of alkyl halides is 1. The van der Waals surface area contributed by atoms with Gasteiger partial charge in [-0.15, -0.1) is 11.6 Å². The molecule has 0 saturated carbocycles. The lowest BCUT2D eigenvalue weighted by molar-refractivity contribution is 0.509. The van der Waals surface area contributed by atoms with Crippen LogP contribution in [0, 0.1) is 5.92 Å². The molecule has 4 heteroatoms. The fraction of sp³-hybridized carbons (Fsp3) is 0.600. The Morgan fingerprint density at radius 2 is 1.89 bits per heavy atom. The van der Waals surface area contributed by atoms with Gasteiger partial charge in [-0.05, 0) is 50.7 Å². The van der Waals surface area contributed by atoms with Crippen LogP contribution in [0.5, 0.6) is 0 Å². The van der Waals surface area contributed by atoms with Gasteiger partial charge < -0.3 is 0 Å². The lowest BCUT2D eigenvalue weighted by Gasteiger charge is -2.21. The molecule has 0 heterocycles. The Morgan fingerprint density at radius 3 is 2.47 bits per heavy atom. The molecule has 0 aliphatic heterocycles. The number of fused-ring (bicyclic) bond motifs is 1. The van der Waals surface area contributed by atoms with Crippen LogP contribution in [-0.4, -0.2) is 18.9 Å². The van der Waals surface area contributed by atoms with Gasteiger partial charge in [0, 0.05) is 0 Å². The van der Waals surface area contributed by atoms with E-state index in [2.05, 4.69) is 6.07 Å². The van der Waals surface area contributed by atoms with Crippen LogP contribution in [0.2, 0.25) is 0 Å². The number of hydrogen-bond acceptors (Lipinski definition) is 2. The normalized spacial score (nSPS) is 23.4. The Hall–Kier alpha value is -0.540. The molecule has 2 atom stereocenters. The monoisotopic (exact) mass is 300 g/mol. The molecule has 106 valence electrons. The van der Waals surface area contributed by atoms with Crippen molar-refractivity contribution in [3.63, 3.8) is 0 Å². The zero-order valence-corrected chi connectivity index (χ0v) is 13.3. The molecule has 19 heavy (non-hydrogen) atoms. The standard InChI is InChI=1S/C15H21ClO2S/c1-15(2,3)19(17,18)9-8-12-10-11-6-4-5-7-13(11)14(12)16/h4-7,12,14H,8-10H2,1-3H3. The molecule has 2 unspecified atom stereocenters. The Bertz CT molecular complexity index is 558. The number of sulfone groups is 1. The van der Waals surface area contributed by atoms with Crippen LogP contribution in [0.4, 0.5) is 0 Å². The van der Waals surface area contributed by atoms with Gasteiger partial charge in [-0.25, -0.2) is 8.42 Å². The third kappa shape index (κ3) is 2.97. The summed E-state index contributed by atoms with van der Waals surface area (Å²) in [6.45, 7) is 5.26.